The van der Waals surface area contributed by atoms with Crippen LogP contribution < -0.4 is 0 Å². The van der Waals surface area contributed by atoms with Gasteiger partial charge in [-0.05, 0) is 11.0 Å². The normalized spacial score (nSPS) is 10.1. The Hall–Kier alpha value is -0.835. The van der Waals surface area contributed by atoms with Crippen LogP contribution >= 0.6 is 0 Å². The van der Waals surface area contributed by atoms with Gasteiger partial charge in [-0.15, -0.1) is 0 Å². The molecule has 1 rings (SSSR count). The predicted molar refractivity (Wildman–Crippen MR) is 57.6 cm³/mol. The predicted octanol–water partition coefficient (Wildman–Crippen LogP) is 0.932. The number of rotatable bonds is 0. The van der Waals surface area contributed by atoms with Crippen molar-refractivity contribution in [1.82, 2.24) is 0 Å². The van der Waals surface area contributed by atoms with E-state index >= 15 is 0 Å². The van der Waals surface area contributed by atoms with Crippen molar-refractivity contribution in [3.05, 3.63) is 35.9 Å². The third-order valence-electron chi connectivity index (χ3n) is 1.64. The molecule has 14 heavy (non-hydrogen) atoms. The van der Waals surface area contributed by atoms with Gasteiger partial charge in [0, 0.05) is 0 Å². The highest BCUT2D eigenvalue weighted by atomic mass is 16.5. The van der Waals surface area contributed by atoms with E-state index in [2.05, 4.69) is 51.1 Å². The summed E-state index contributed by atoms with van der Waals surface area (Å²) in [5.74, 6) is 0. The zero-order valence-electron chi connectivity index (χ0n) is 8.81. The fraction of sp³-hybridized carbons (Fsp3) is 0.400. The molecule has 0 aliphatic carbocycles. The van der Waals surface area contributed by atoms with E-state index in [1.807, 2.05) is 0 Å². The largest absolute Gasteiger partial charge is 0.631 e. The lowest BCUT2D eigenvalue weighted by atomic mass is 9.87. The Morgan fingerprint density at radius 2 is 1.29 bits per heavy atom. The Labute approximate surface area is 85.2 Å². The maximum Gasteiger partial charge on any atom is 0.631 e. The molecule has 1 aromatic carbocycles. The van der Waals surface area contributed by atoms with Crippen LogP contribution in [0.5, 0.6) is 0 Å². The number of hydrogen-bond acceptors (Lipinski definition) is 3. The van der Waals surface area contributed by atoms with Gasteiger partial charge in [-0.3, -0.25) is 0 Å². The minimum Gasteiger partial charge on any atom is -0.402 e. The van der Waals surface area contributed by atoms with Gasteiger partial charge in [0.05, 0.1) is 0 Å². The summed E-state index contributed by atoms with van der Waals surface area (Å²) in [5.41, 5.74) is 1.69. The molecule has 3 N–H and O–H groups in total. The minimum absolute atomic E-state index is 0.293. The maximum absolute atomic E-state index is 7.17. The first-order chi connectivity index (χ1) is 6.34. The number of benzene rings is 1. The lowest BCUT2D eigenvalue weighted by Crippen LogP contribution is -2.10. The zero-order chi connectivity index (χ0) is 11.2. The second kappa shape index (κ2) is 5.80. The van der Waals surface area contributed by atoms with Gasteiger partial charge in [0.15, 0.2) is 0 Å². The van der Waals surface area contributed by atoms with Gasteiger partial charge in [-0.1, -0.05) is 51.1 Å². The van der Waals surface area contributed by atoms with Crippen molar-refractivity contribution in [1.29, 1.82) is 0 Å². The maximum atomic E-state index is 7.17. The first kappa shape index (κ1) is 13.2. The number of hydrogen-bond donors (Lipinski definition) is 3. The van der Waals surface area contributed by atoms with E-state index in [-0.39, 0.29) is 0 Å². The standard InChI is InChI=1S/C10H14.BH3O3/c1-10(2,3)9-7-5-4-6-8-9;2-1(3)4/h4-8H,1-3H3;2-4H. The van der Waals surface area contributed by atoms with Gasteiger partial charge < -0.3 is 15.1 Å². The Kier molecular flexibility index (Phi) is 5.46. The first-order valence-corrected chi connectivity index (χ1v) is 4.44. The van der Waals surface area contributed by atoms with Gasteiger partial charge in [0.25, 0.3) is 0 Å². The van der Waals surface area contributed by atoms with Crippen LogP contribution in [0.3, 0.4) is 0 Å². The second-order valence-electron chi connectivity index (χ2n) is 3.96. The molecule has 0 saturated carbocycles. The molecule has 1 aromatic rings. The molecule has 0 unspecified atom stereocenters. The fourth-order valence-corrected chi connectivity index (χ4v) is 0.938. The molecule has 0 atom stereocenters. The summed E-state index contributed by atoms with van der Waals surface area (Å²) in [6, 6.07) is 10.6. The Balaban J connectivity index is 0.000000364. The molecule has 0 saturated heterocycles. The quantitative estimate of drug-likeness (QED) is 0.541. The second-order valence-corrected chi connectivity index (χ2v) is 3.96. The molecule has 0 aromatic heterocycles. The summed E-state index contributed by atoms with van der Waals surface area (Å²) < 4.78 is 0. The Bertz CT molecular complexity index is 239. The van der Waals surface area contributed by atoms with Crippen molar-refractivity contribution < 1.29 is 15.1 Å². The van der Waals surface area contributed by atoms with E-state index in [0.717, 1.165) is 0 Å². The summed E-state index contributed by atoms with van der Waals surface area (Å²) in [5, 5.41) is 21.5. The molecule has 0 aliphatic rings. The molecule has 0 spiro atoms. The first-order valence-electron chi connectivity index (χ1n) is 4.44. The summed E-state index contributed by atoms with van der Waals surface area (Å²) in [7, 11) is -2.17. The molecular weight excluding hydrogens is 179 g/mol. The van der Waals surface area contributed by atoms with Crippen molar-refractivity contribution in [3.63, 3.8) is 0 Å². The van der Waals surface area contributed by atoms with Crippen LogP contribution in [0, 0.1) is 0 Å². The van der Waals surface area contributed by atoms with Crippen LogP contribution in [-0.4, -0.2) is 22.4 Å². The van der Waals surface area contributed by atoms with Crippen molar-refractivity contribution in [2.45, 2.75) is 26.2 Å². The Morgan fingerprint density at radius 1 is 0.929 bits per heavy atom. The van der Waals surface area contributed by atoms with Crippen molar-refractivity contribution >= 4 is 7.32 Å². The van der Waals surface area contributed by atoms with E-state index in [1.165, 1.54) is 5.56 Å². The summed E-state index contributed by atoms with van der Waals surface area (Å²) >= 11 is 0. The molecule has 0 radical (unpaired) electrons. The van der Waals surface area contributed by atoms with Crippen LogP contribution in [0.4, 0.5) is 0 Å². The molecule has 0 amide bonds. The van der Waals surface area contributed by atoms with E-state index in [1.54, 1.807) is 0 Å². The summed E-state index contributed by atoms with van der Waals surface area (Å²) in [6.45, 7) is 6.67. The average molecular weight is 196 g/mol. The highest BCUT2D eigenvalue weighted by Gasteiger charge is 2.11. The van der Waals surface area contributed by atoms with E-state index < -0.39 is 7.32 Å². The van der Waals surface area contributed by atoms with E-state index in [9.17, 15) is 0 Å². The average Bonchev–Trinajstić information content (AvgIpc) is 2.03. The van der Waals surface area contributed by atoms with Crippen LogP contribution in [-0.2, 0) is 5.41 Å². The van der Waals surface area contributed by atoms with Crippen molar-refractivity contribution in [2.75, 3.05) is 0 Å². The summed E-state index contributed by atoms with van der Waals surface area (Å²) in [6.07, 6.45) is 0. The Morgan fingerprint density at radius 3 is 1.50 bits per heavy atom. The minimum atomic E-state index is -2.17. The topological polar surface area (TPSA) is 60.7 Å². The van der Waals surface area contributed by atoms with Gasteiger partial charge >= 0.3 is 7.32 Å². The van der Waals surface area contributed by atoms with E-state index in [4.69, 9.17) is 15.1 Å². The van der Waals surface area contributed by atoms with Crippen LogP contribution in [0.2, 0.25) is 0 Å². The van der Waals surface area contributed by atoms with Crippen molar-refractivity contribution in [3.8, 4) is 0 Å². The molecule has 0 heterocycles. The molecule has 0 bridgehead atoms. The zero-order valence-corrected chi connectivity index (χ0v) is 8.81. The third kappa shape index (κ3) is 6.66. The fourth-order valence-electron chi connectivity index (χ4n) is 0.938. The monoisotopic (exact) mass is 196 g/mol. The third-order valence-corrected chi connectivity index (χ3v) is 1.64. The van der Waals surface area contributed by atoms with Crippen LogP contribution in [0.1, 0.15) is 26.3 Å². The van der Waals surface area contributed by atoms with Crippen molar-refractivity contribution in [2.24, 2.45) is 0 Å². The molecule has 0 fully saturated rings. The molecule has 78 valence electrons. The SMILES string of the molecule is CC(C)(C)c1ccccc1.OB(O)O. The highest BCUT2D eigenvalue weighted by molar-refractivity contribution is 6.30. The highest BCUT2D eigenvalue weighted by Crippen LogP contribution is 2.20. The lowest BCUT2D eigenvalue weighted by Gasteiger charge is -2.18. The van der Waals surface area contributed by atoms with E-state index in [0.29, 0.717) is 5.41 Å². The van der Waals surface area contributed by atoms with Gasteiger partial charge in [0.1, 0.15) is 0 Å². The molecular formula is C10H17BO3. The van der Waals surface area contributed by atoms with Crippen LogP contribution in [0.15, 0.2) is 30.3 Å². The molecule has 0 aliphatic heterocycles. The smallest absolute Gasteiger partial charge is 0.402 e. The van der Waals surface area contributed by atoms with Crippen LogP contribution in [0.25, 0.3) is 0 Å². The lowest BCUT2D eigenvalue weighted by molar-refractivity contribution is 0.278. The van der Waals surface area contributed by atoms with Gasteiger partial charge in [-0.25, -0.2) is 0 Å². The van der Waals surface area contributed by atoms with Gasteiger partial charge in [0.2, 0.25) is 0 Å². The molecule has 4 heteroatoms. The summed E-state index contributed by atoms with van der Waals surface area (Å²) in [4.78, 5) is 0. The molecule has 3 nitrogen and oxygen atoms in total. The van der Waals surface area contributed by atoms with Gasteiger partial charge in [-0.2, -0.15) is 0 Å².